The van der Waals surface area contributed by atoms with Crippen molar-refractivity contribution in [2.45, 2.75) is 30.7 Å². The SMILES string of the molecule is CCCc1cc(=O)[nH]c(SCc2cccc(Cl)c2)n1. The maximum Gasteiger partial charge on any atom is 0.251 e. The highest BCUT2D eigenvalue weighted by Gasteiger charge is 2.03. The van der Waals surface area contributed by atoms with Gasteiger partial charge in [-0.2, -0.15) is 0 Å². The molecule has 0 fully saturated rings. The number of nitrogens with zero attached hydrogens (tertiary/aromatic N) is 1. The quantitative estimate of drug-likeness (QED) is 0.676. The monoisotopic (exact) mass is 294 g/mol. The van der Waals surface area contributed by atoms with Crippen LogP contribution in [-0.2, 0) is 12.2 Å². The number of hydrogen-bond donors (Lipinski definition) is 1. The van der Waals surface area contributed by atoms with Crippen molar-refractivity contribution in [3.05, 3.63) is 57.0 Å². The second-order valence-electron chi connectivity index (χ2n) is 4.21. The van der Waals surface area contributed by atoms with E-state index in [2.05, 4.69) is 16.9 Å². The first-order valence-corrected chi connectivity index (χ1v) is 7.51. The molecule has 19 heavy (non-hydrogen) atoms. The maximum absolute atomic E-state index is 11.5. The smallest absolute Gasteiger partial charge is 0.251 e. The molecule has 2 aromatic rings. The Morgan fingerprint density at radius 2 is 2.21 bits per heavy atom. The van der Waals surface area contributed by atoms with Crippen LogP contribution in [0.1, 0.15) is 24.6 Å². The van der Waals surface area contributed by atoms with Crippen molar-refractivity contribution in [3.63, 3.8) is 0 Å². The zero-order chi connectivity index (χ0) is 13.7. The van der Waals surface area contributed by atoms with Gasteiger partial charge >= 0.3 is 0 Å². The highest BCUT2D eigenvalue weighted by molar-refractivity contribution is 7.98. The first-order chi connectivity index (χ1) is 9.17. The lowest BCUT2D eigenvalue weighted by Gasteiger charge is -2.04. The van der Waals surface area contributed by atoms with Gasteiger partial charge in [0, 0.05) is 22.5 Å². The fourth-order valence-electron chi connectivity index (χ4n) is 1.71. The number of benzene rings is 1. The summed E-state index contributed by atoms with van der Waals surface area (Å²) in [6, 6.07) is 9.25. The lowest BCUT2D eigenvalue weighted by atomic mass is 10.2. The van der Waals surface area contributed by atoms with Gasteiger partial charge in [0.15, 0.2) is 5.16 Å². The van der Waals surface area contributed by atoms with Crippen molar-refractivity contribution in [1.82, 2.24) is 9.97 Å². The van der Waals surface area contributed by atoms with Crippen LogP contribution in [0.4, 0.5) is 0 Å². The van der Waals surface area contributed by atoms with Crippen LogP contribution < -0.4 is 5.56 Å². The van der Waals surface area contributed by atoms with Gasteiger partial charge in [-0.25, -0.2) is 4.98 Å². The van der Waals surface area contributed by atoms with Gasteiger partial charge in [-0.3, -0.25) is 4.79 Å². The minimum atomic E-state index is -0.0907. The van der Waals surface area contributed by atoms with E-state index in [1.54, 1.807) is 6.07 Å². The van der Waals surface area contributed by atoms with E-state index in [1.807, 2.05) is 24.3 Å². The molecule has 0 spiro atoms. The van der Waals surface area contributed by atoms with Crippen molar-refractivity contribution in [1.29, 1.82) is 0 Å². The summed E-state index contributed by atoms with van der Waals surface area (Å²) >= 11 is 7.45. The normalized spacial score (nSPS) is 10.6. The van der Waals surface area contributed by atoms with E-state index in [0.29, 0.717) is 5.16 Å². The molecule has 0 saturated heterocycles. The molecule has 0 unspecified atom stereocenters. The van der Waals surface area contributed by atoms with E-state index in [0.717, 1.165) is 34.9 Å². The Kier molecular flexibility index (Phi) is 5.05. The summed E-state index contributed by atoms with van der Waals surface area (Å²) in [5, 5.41) is 1.38. The summed E-state index contributed by atoms with van der Waals surface area (Å²) in [6.07, 6.45) is 1.81. The summed E-state index contributed by atoms with van der Waals surface area (Å²) in [7, 11) is 0. The van der Waals surface area contributed by atoms with Crippen LogP contribution in [0.5, 0.6) is 0 Å². The van der Waals surface area contributed by atoms with Crippen molar-refractivity contribution >= 4 is 23.4 Å². The van der Waals surface area contributed by atoms with Gasteiger partial charge in [0.2, 0.25) is 0 Å². The average Bonchev–Trinajstić information content (AvgIpc) is 2.36. The topological polar surface area (TPSA) is 45.8 Å². The molecule has 3 nitrogen and oxygen atoms in total. The van der Waals surface area contributed by atoms with Crippen LogP contribution in [0.2, 0.25) is 5.02 Å². The molecule has 0 amide bonds. The number of rotatable bonds is 5. The van der Waals surface area contributed by atoms with Crippen LogP contribution in [0.15, 0.2) is 40.3 Å². The number of nitrogens with one attached hydrogen (secondary N) is 1. The Labute approximate surface area is 121 Å². The zero-order valence-corrected chi connectivity index (χ0v) is 12.2. The number of aromatic nitrogens is 2. The fraction of sp³-hybridized carbons (Fsp3) is 0.286. The van der Waals surface area contributed by atoms with Crippen LogP contribution in [0.3, 0.4) is 0 Å². The molecule has 0 bridgehead atoms. The van der Waals surface area contributed by atoms with E-state index in [9.17, 15) is 4.79 Å². The third kappa shape index (κ3) is 4.40. The van der Waals surface area contributed by atoms with Crippen LogP contribution in [-0.4, -0.2) is 9.97 Å². The first-order valence-electron chi connectivity index (χ1n) is 6.15. The molecule has 0 aliphatic rings. The van der Waals surface area contributed by atoms with Crippen LogP contribution in [0, 0.1) is 0 Å². The molecule has 1 aromatic heterocycles. The van der Waals surface area contributed by atoms with Gasteiger partial charge in [-0.05, 0) is 24.1 Å². The summed E-state index contributed by atoms with van der Waals surface area (Å²) in [6.45, 7) is 2.07. The third-order valence-corrected chi connectivity index (χ3v) is 3.72. The second-order valence-corrected chi connectivity index (χ2v) is 5.61. The minimum Gasteiger partial charge on any atom is -0.301 e. The lowest BCUT2D eigenvalue weighted by Crippen LogP contribution is -2.09. The number of H-pyrrole nitrogens is 1. The molecule has 0 radical (unpaired) electrons. The van der Waals surface area contributed by atoms with E-state index in [1.165, 1.54) is 11.8 Å². The van der Waals surface area contributed by atoms with Gasteiger partial charge in [-0.1, -0.05) is 48.8 Å². The van der Waals surface area contributed by atoms with E-state index < -0.39 is 0 Å². The summed E-state index contributed by atoms with van der Waals surface area (Å²) in [5.41, 5.74) is 1.87. The predicted octanol–water partition coefficient (Wildman–Crippen LogP) is 3.67. The molecule has 0 saturated carbocycles. The van der Waals surface area contributed by atoms with Gasteiger partial charge in [0.1, 0.15) is 0 Å². The third-order valence-electron chi connectivity index (χ3n) is 2.54. The van der Waals surface area contributed by atoms with E-state index >= 15 is 0 Å². The number of hydrogen-bond acceptors (Lipinski definition) is 3. The first kappa shape index (κ1) is 14.2. The summed E-state index contributed by atoms with van der Waals surface area (Å²) in [5.74, 6) is 0.735. The molecular formula is C14H15ClN2OS. The van der Waals surface area contributed by atoms with Crippen molar-refractivity contribution in [2.75, 3.05) is 0 Å². The molecular weight excluding hydrogens is 280 g/mol. The van der Waals surface area contributed by atoms with Crippen LogP contribution in [0.25, 0.3) is 0 Å². The molecule has 1 aromatic carbocycles. The molecule has 5 heteroatoms. The van der Waals surface area contributed by atoms with Gasteiger partial charge in [0.25, 0.3) is 5.56 Å². The van der Waals surface area contributed by atoms with E-state index in [-0.39, 0.29) is 5.56 Å². The highest BCUT2D eigenvalue weighted by atomic mass is 35.5. The molecule has 0 aliphatic carbocycles. The Morgan fingerprint density at radius 3 is 2.95 bits per heavy atom. The molecule has 0 aliphatic heterocycles. The Balaban J connectivity index is 2.09. The number of thioether (sulfide) groups is 1. The fourth-order valence-corrected chi connectivity index (χ4v) is 2.76. The van der Waals surface area contributed by atoms with Crippen LogP contribution >= 0.6 is 23.4 Å². The predicted molar refractivity (Wildman–Crippen MR) is 79.9 cm³/mol. The zero-order valence-electron chi connectivity index (χ0n) is 10.6. The molecule has 1 heterocycles. The van der Waals surface area contributed by atoms with Gasteiger partial charge in [0.05, 0.1) is 0 Å². The summed E-state index contributed by atoms with van der Waals surface area (Å²) in [4.78, 5) is 18.7. The number of aryl methyl sites for hydroxylation is 1. The van der Waals surface area contributed by atoms with Gasteiger partial charge in [-0.15, -0.1) is 0 Å². The van der Waals surface area contributed by atoms with Gasteiger partial charge < -0.3 is 4.98 Å². The largest absolute Gasteiger partial charge is 0.301 e. The summed E-state index contributed by atoms with van der Waals surface area (Å²) < 4.78 is 0. The Bertz CT molecular complexity index is 612. The lowest BCUT2D eigenvalue weighted by molar-refractivity contribution is 0.816. The standard InChI is InChI=1S/C14H15ClN2OS/c1-2-4-12-8-13(18)17-14(16-12)19-9-10-5-3-6-11(15)7-10/h3,5-8H,2,4,9H2,1H3,(H,16,17,18). The highest BCUT2D eigenvalue weighted by Crippen LogP contribution is 2.20. The molecule has 0 atom stereocenters. The second kappa shape index (κ2) is 6.78. The number of halogens is 1. The van der Waals surface area contributed by atoms with Crippen molar-refractivity contribution in [3.8, 4) is 0 Å². The molecule has 100 valence electrons. The maximum atomic E-state index is 11.5. The van der Waals surface area contributed by atoms with Crippen molar-refractivity contribution in [2.24, 2.45) is 0 Å². The van der Waals surface area contributed by atoms with E-state index in [4.69, 9.17) is 11.6 Å². The Morgan fingerprint density at radius 1 is 1.37 bits per heavy atom. The minimum absolute atomic E-state index is 0.0907. The number of aromatic amines is 1. The average molecular weight is 295 g/mol. The molecule has 1 N–H and O–H groups in total. The van der Waals surface area contributed by atoms with Crippen molar-refractivity contribution < 1.29 is 0 Å². The Hall–Kier alpha value is -1.26. The molecule has 2 rings (SSSR count).